The Bertz CT molecular complexity index is 133. The summed E-state index contributed by atoms with van der Waals surface area (Å²) in [6.07, 6.45) is 16.3. The molecule has 0 saturated heterocycles. The maximum atomic E-state index is 2.36. The van der Waals surface area contributed by atoms with Gasteiger partial charge in [0, 0.05) is 0 Å². The molecule has 15 heavy (non-hydrogen) atoms. The first-order chi connectivity index (χ1) is 7.38. The molecule has 0 N–H and O–H groups in total. The third kappa shape index (κ3) is 5.04. The van der Waals surface area contributed by atoms with Crippen LogP contribution in [-0.4, -0.2) is 0 Å². The quantitative estimate of drug-likeness (QED) is 0.482. The largest absolute Gasteiger partial charge is 0.0654 e. The fraction of sp³-hybridized carbons (Fsp3) is 1.00. The highest BCUT2D eigenvalue weighted by Gasteiger charge is 2.22. The zero-order valence-corrected chi connectivity index (χ0v) is 10.9. The van der Waals surface area contributed by atoms with Crippen molar-refractivity contribution < 1.29 is 0 Å². The van der Waals surface area contributed by atoms with Gasteiger partial charge in [-0.2, -0.15) is 0 Å². The number of rotatable bonds is 7. The number of unbranched alkanes of at least 4 members (excludes halogenated alkanes) is 2. The van der Waals surface area contributed by atoms with Crippen molar-refractivity contribution in [2.45, 2.75) is 84.5 Å². The molecule has 90 valence electrons. The van der Waals surface area contributed by atoms with E-state index in [1.807, 2.05) is 0 Å². The Morgan fingerprint density at radius 1 is 0.867 bits per heavy atom. The molecule has 0 spiro atoms. The van der Waals surface area contributed by atoms with Crippen LogP contribution >= 0.6 is 0 Å². The second kappa shape index (κ2) is 8.19. The second-order valence-corrected chi connectivity index (χ2v) is 5.44. The van der Waals surface area contributed by atoms with E-state index in [0.29, 0.717) is 0 Å². The van der Waals surface area contributed by atoms with Crippen LogP contribution < -0.4 is 0 Å². The molecule has 1 rings (SSSR count). The van der Waals surface area contributed by atoms with Crippen LogP contribution in [0.4, 0.5) is 0 Å². The SMILES string of the molecule is CCCCCC(CCC)C1CCCCC1. The Morgan fingerprint density at radius 2 is 1.60 bits per heavy atom. The van der Waals surface area contributed by atoms with Gasteiger partial charge in [-0.3, -0.25) is 0 Å². The highest BCUT2D eigenvalue weighted by molar-refractivity contribution is 4.74. The maximum absolute atomic E-state index is 2.36. The summed E-state index contributed by atoms with van der Waals surface area (Å²) in [5, 5.41) is 0. The molecule has 0 aliphatic heterocycles. The average molecular weight is 210 g/mol. The van der Waals surface area contributed by atoms with Gasteiger partial charge in [0.1, 0.15) is 0 Å². The monoisotopic (exact) mass is 210 g/mol. The van der Waals surface area contributed by atoms with E-state index in [-0.39, 0.29) is 0 Å². The smallest absolute Gasteiger partial charge is 0.0386 e. The minimum Gasteiger partial charge on any atom is -0.0654 e. The van der Waals surface area contributed by atoms with Crippen molar-refractivity contribution in [3.05, 3.63) is 0 Å². The van der Waals surface area contributed by atoms with E-state index in [1.165, 1.54) is 70.6 Å². The Labute approximate surface area is 96.8 Å². The van der Waals surface area contributed by atoms with Crippen LogP contribution in [0.15, 0.2) is 0 Å². The van der Waals surface area contributed by atoms with Gasteiger partial charge >= 0.3 is 0 Å². The molecule has 0 heteroatoms. The first-order valence-corrected chi connectivity index (χ1v) is 7.38. The van der Waals surface area contributed by atoms with Crippen LogP contribution in [0.25, 0.3) is 0 Å². The number of hydrogen-bond donors (Lipinski definition) is 0. The summed E-state index contributed by atoms with van der Waals surface area (Å²) in [6.45, 7) is 4.67. The molecule has 1 saturated carbocycles. The van der Waals surface area contributed by atoms with Crippen LogP contribution in [0.3, 0.4) is 0 Å². The normalized spacial score (nSPS) is 20.4. The molecule has 0 aromatic rings. The number of hydrogen-bond acceptors (Lipinski definition) is 0. The Kier molecular flexibility index (Phi) is 7.13. The van der Waals surface area contributed by atoms with Gasteiger partial charge in [-0.15, -0.1) is 0 Å². The lowest BCUT2D eigenvalue weighted by atomic mass is 9.76. The first kappa shape index (κ1) is 13.1. The Balaban J connectivity index is 2.26. The van der Waals surface area contributed by atoms with E-state index < -0.39 is 0 Å². The summed E-state index contributed by atoms with van der Waals surface area (Å²) in [5.74, 6) is 2.16. The highest BCUT2D eigenvalue weighted by atomic mass is 14.3. The van der Waals surface area contributed by atoms with Gasteiger partial charge in [-0.05, 0) is 11.8 Å². The highest BCUT2D eigenvalue weighted by Crippen LogP contribution is 2.35. The van der Waals surface area contributed by atoms with Crippen molar-refractivity contribution in [1.82, 2.24) is 0 Å². The van der Waals surface area contributed by atoms with Crippen LogP contribution in [0.5, 0.6) is 0 Å². The van der Waals surface area contributed by atoms with Crippen molar-refractivity contribution in [3.8, 4) is 0 Å². The van der Waals surface area contributed by atoms with Crippen LogP contribution in [-0.2, 0) is 0 Å². The van der Waals surface area contributed by atoms with Gasteiger partial charge in [0.2, 0.25) is 0 Å². The Hall–Kier alpha value is 0. The summed E-state index contributed by atoms with van der Waals surface area (Å²) < 4.78 is 0. The van der Waals surface area contributed by atoms with Crippen molar-refractivity contribution in [2.75, 3.05) is 0 Å². The molecule has 0 heterocycles. The van der Waals surface area contributed by atoms with E-state index in [1.54, 1.807) is 0 Å². The van der Waals surface area contributed by atoms with E-state index in [4.69, 9.17) is 0 Å². The topological polar surface area (TPSA) is 0 Å². The maximum Gasteiger partial charge on any atom is -0.0386 e. The van der Waals surface area contributed by atoms with Crippen LogP contribution in [0, 0.1) is 11.8 Å². The molecule has 0 aromatic carbocycles. The summed E-state index contributed by atoms with van der Waals surface area (Å²) >= 11 is 0. The molecule has 0 nitrogen and oxygen atoms in total. The van der Waals surface area contributed by atoms with Crippen molar-refractivity contribution in [2.24, 2.45) is 11.8 Å². The molecule has 1 aliphatic rings. The molecule has 0 aromatic heterocycles. The van der Waals surface area contributed by atoms with E-state index in [0.717, 1.165) is 11.8 Å². The van der Waals surface area contributed by atoms with E-state index >= 15 is 0 Å². The minimum absolute atomic E-state index is 1.07. The Morgan fingerprint density at radius 3 is 2.20 bits per heavy atom. The van der Waals surface area contributed by atoms with Gasteiger partial charge in [0.05, 0.1) is 0 Å². The lowest BCUT2D eigenvalue weighted by Crippen LogP contribution is -2.18. The fourth-order valence-corrected chi connectivity index (χ4v) is 3.25. The molecule has 1 fully saturated rings. The zero-order chi connectivity index (χ0) is 10.9. The van der Waals surface area contributed by atoms with Crippen molar-refractivity contribution in [3.63, 3.8) is 0 Å². The van der Waals surface area contributed by atoms with E-state index in [9.17, 15) is 0 Å². The standard InChI is InChI=1S/C15H30/c1-3-5-7-11-14(10-4-2)15-12-8-6-9-13-15/h14-15H,3-13H2,1-2H3. The summed E-state index contributed by atoms with van der Waals surface area (Å²) in [5.41, 5.74) is 0. The molecule has 1 atom stereocenters. The lowest BCUT2D eigenvalue weighted by molar-refractivity contribution is 0.218. The molecule has 0 amide bonds. The second-order valence-electron chi connectivity index (χ2n) is 5.44. The fourth-order valence-electron chi connectivity index (χ4n) is 3.25. The van der Waals surface area contributed by atoms with Gasteiger partial charge in [0.15, 0.2) is 0 Å². The summed E-state index contributed by atoms with van der Waals surface area (Å²) in [4.78, 5) is 0. The third-order valence-corrected chi connectivity index (χ3v) is 4.15. The van der Waals surface area contributed by atoms with E-state index in [2.05, 4.69) is 13.8 Å². The van der Waals surface area contributed by atoms with Crippen LogP contribution in [0.1, 0.15) is 84.5 Å². The molecular formula is C15H30. The third-order valence-electron chi connectivity index (χ3n) is 4.15. The predicted molar refractivity (Wildman–Crippen MR) is 69.1 cm³/mol. The average Bonchev–Trinajstić information content (AvgIpc) is 2.29. The molecule has 0 radical (unpaired) electrons. The minimum atomic E-state index is 1.07. The van der Waals surface area contributed by atoms with Gasteiger partial charge in [0.25, 0.3) is 0 Å². The zero-order valence-electron chi connectivity index (χ0n) is 10.9. The van der Waals surface area contributed by atoms with Gasteiger partial charge in [-0.1, -0.05) is 84.5 Å². The first-order valence-electron chi connectivity index (χ1n) is 7.38. The predicted octanol–water partition coefficient (Wildman–Crippen LogP) is 5.56. The summed E-state index contributed by atoms with van der Waals surface area (Å²) in [7, 11) is 0. The molecule has 1 unspecified atom stereocenters. The van der Waals surface area contributed by atoms with Gasteiger partial charge < -0.3 is 0 Å². The van der Waals surface area contributed by atoms with Crippen LogP contribution in [0.2, 0.25) is 0 Å². The molecular weight excluding hydrogens is 180 g/mol. The summed E-state index contributed by atoms with van der Waals surface area (Å²) in [6, 6.07) is 0. The molecule has 0 bridgehead atoms. The van der Waals surface area contributed by atoms with Crippen molar-refractivity contribution >= 4 is 0 Å². The lowest BCUT2D eigenvalue weighted by Gasteiger charge is -2.30. The van der Waals surface area contributed by atoms with Crippen molar-refractivity contribution in [1.29, 1.82) is 0 Å². The molecule has 1 aliphatic carbocycles. The van der Waals surface area contributed by atoms with Gasteiger partial charge in [-0.25, -0.2) is 0 Å².